The number of alkyl halides is 3. The SMILES string of the molecule is CCN(CC(=O)O)C1CC(NC(=O)C2CC2c2cccc(C(F)(F)F)c2)C1. The van der Waals surface area contributed by atoms with Crippen LogP contribution in [0.3, 0.4) is 0 Å². The van der Waals surface area contributed by atoms with Gasteiger partial charge in [-0.25, -0.2) is 0 Å². The zero-order valence-electron chi connectivity index (χ0n) is 15.0. The van der Waals surface area contributed by atoms with Gasteiger partial charge < -0.3 is 10.4 Å². The van der Waals surface area contributed by atoms with Gasteiger partial charge in [0.1, 0.15) is 0 Å². The highest BCUT2D eigenvalue weighted by atomic mass is 19.4. The molecule has 2 N–H and O–H groups in total. The molecule has 148 valence electrons. The van der Waals surface area contributed by atoms with Crippen molar-refractivity contribution in [3.05, 3.63) is 35.4 Å². The Morgan fingerprint density at radius 1 is 1.26 bits per heavy atom. The summed E-state index contributed by atoms with van der Waals surface area (Å²) in [5.74, 6) is -1.44. The number of nitrogens with one attached hydrogen (secondary N) is 1. The lowest BCUT2D eigenvalue weighted by molar-refractivity contribution is -0.140. The minimum atomic E-state index is -4.38. The predicted molar refractivity (Wildman–Crippen MR) is 92.1 cm³/mol. The van der Waals surface area contributed by atoms with Crippen LogP contribution in [0.2, 0.25) is 0 Å². The van der Waals surface area contributed by atoms with E-state index in [4.69, 9.17) is 5.11 Å². The quantitative estimate of drug-likeness (QED) is 0.759. The first kappa shape index (κ1) is 19.7. The van der Waals surface area contributed by atoms with Crippen molar-refractivity contribution < 1.29 is 27.9 Å². The molecule has 0 aliphatic heterocycles. The number of aliphatic carboxylic acids is 1. The summed E-state index contributed by atoms with van der Waals surface area (Å²) in [7, 11) is 0. The van der Waals surface area contributed by atoms with Crippen molar-refractivity contribution in [1.29, 1.82) is 0 Å². The Morgan fingerprint density at radius 3 is 2.56 bits per heavy atom. The van der Waals surface area contributed by atoms with Gasteiger partial charge in [-0.15, -0.1) is 0 Å². The number of likely N-dealkylation sites (N-methyl/N-ethyl adjacent to an activating group) is 1. The number of carbonyl (C=O) groups excluding carboxylic acids is 1. The molecule has 2 fully saturated rings. The number of nitrogens with zero attached hydrogens (tertiary/aromatic N) is 1. The fourth-order valence-corrected chi connectivity index (χ4v) is 3.78. The fraction of sp³-hybridized carbons (Fsp3) is 0.579. The molecule has 5 nitrogen and oxygen atoms in total. The van der Waals surface area contributed by atoms with E-state index < -0.39 is 17.7 Å². The van der Waals surface area contributed by atoms with Crippen LogP contribution >= 0.6 is 0 Å². The van der Waals surface area contributed by atoms with Gasteiger partial charge in [-0.1, -0.05) is 25.1 Å². The minimum absolute atomic E-state index is 0.00750. The molecule has 2 unspecified atom stereocenters. The van der Waals surface area contributed by atoms with Gasteiger partial charge in [-0.2, -0.15) is 13.2 Å². The van der Waals surface area contributed by atoms with Crippen molar-refractivity contribution in [2.24, 2.45) is 5.92 Å². The van der Waals surface area contributed by atoms with Gasteiger partial charge in [0.2, 0.25) is 5.91 Å². The summed E-state index contributed by atoms with van der Waals surface area (Å²) >= 11 is 0. The van der Waals surface area contributed by atoms with E-state index in [2.05, 4.69) is 5.32 Å². The largest absolute Gasteiger partial charge is 0.480 e. The van der Waals surface area contributed by atoms with Crippen molar-refractivity contribution >= 4 is 11.9 Å². The van der Waals surface area contributed by atoms with Crippen LogP contribution in [0.15, 0.2) is 24.3 Å². The van der Waals surface area contributed by atoms with Gasteiger partial charge in [0.05, 0.1) is 12.1 Å². The zero-order chi connectivity index (χ0) is 19.8. The second kappa shape index (κ2) is 7.50. The summed E-state index contributed by atoms with van der Waals surface area (Å²) in [5, 5.41) is 11.9. The van der Waals surface area contributed by atoms with Crippen LogP contribution in [-0.2, 0) is 15.8 Å². The molecular formula is C19H23F3N2O3. The molecule has 3 rings (SSSR count). The first-order valence-electron chi connectivity index (χ1n) is 9.12. The normalized spacial score (nSPS) is 27.1. The lowest BCUT2D eigenvalue weighted by atomic mass is 9.85. The minimum Gasteiger partial charge on any atom is -0.480 e. The van der Waals surface area contributed by atoms with Gasteiger partial charge in [0.15, 0.2) is 0 Å². The molecule has 0 bridgehead atoms. The lowest BCUT2D eigenvalue weighted by Crippen LogP contribution is -2.55. The maximum Gasteiger partial charge on any atom is 0.416 e. The molecule has 1 aromatic carbocycles. The van der Waals surface area contributed by atoms with Crippen molar-refractivity contribution in [3.63, 3.8) is 0 Å². The Balaban J connectivity index is 1.48. The Bertz CT molecular complexity index is 716. The predicted octanol–water partition coefficient (Wildman–Crippen LogP) is 2.86. The molecule has 0 heterocycles. The third kappa shape index (κ3) is 4.61. The van der Waals surface area contributed by atoms with Crippen LogP contribution in [0.25, 0.3) is 0 Å². The van der Waals surface area contributed by atoms with E-state index in [9.17, 15) is 22.8 Å². The molecule has 0 radical (unpaired) electrons. The summed E-state index contributed by atoms with van der Waals surface area (Å²) in [4.78, 5) is 25.1. The molecule has 2 aliphatic carbocycles. The number of halogens is 3. The van der Waals surface area contributed by atoms with E-state index >= 15 is 0 Å². The standard InChI is InChI=1S/C19H23F3N2O3/c1-2-24(10-17(25)26)14-7-13(8-14)23-18(27)16-9-15(16)11-4-3-5-12(6-11)19(20,21)22/h3-6,13-16H,2,7-10H2,1H3,(H,23,27)(H,25,26). The average Bonchev–Trinajstić information content (AvgIpc) is 3.36. The number of benzene rings is 1. The third-order valence-electron chi connectivity index (χ3n) is 5.49. The number of rotatable bonds is 7. The summed E-state index contributed by atoms with van der Waals surface area (Å²) in [6.45, 7) is 2.53. The first-order valence-corrected chi connectivity index (χ1v) is 9.12. The van der Waals surface area contributed by atoms with E-state index in [0.29, 0.717) is 31.4 Å². The fourth-order valence-electron chi connectivity index (χ4n) is 3.78. The van der Waals surface area contributed by atoms with E-state index in [0.717, 1.165) is 12.1 Å². The van der Waals surface area contributed by atoms with Crippen LogP contribution in [0.1, 0.15) is 43.2 Å². The molecule has 0 spiro atoms. The van der Waals surface area contributed by atoms with E-state index in [1.807, 2.05) is 11.8 Å². The van der Waals surface area contributed by atoms with Gasteiger partial charge in [-0.05, 0) is 43.4 Å². The number of amides is 1. The smallest absolute Gasteiger partial charge is 0.416 e. The van der Waals surface area contributed by atoms with Crippen molar-refractivity contribution in [2.45, 2.75) is 50.4 Å². The molecule has 2 atom stereocenters. The highest BCUT2D eigenvalue weighted by molar-refractivity contribution is 5.83. The van der Waals surface area contributed by atoms with Gasteiger partial charge in [0.25, 0.3) is 0 Å². The molecule has 2 saturated carbocycles. The van der Waals surface area contributed by atoms with Crippen LogP contribution < -0.4 is 5.32 Å². The Hall–Kier alpha value is -2.09. The molecule has 0 aromatic heterocycles. The van der Waals surface area contributed by atoms with Crippen molar-refractivity contribution in [2.75, 3.05) is 13.1 Å². The second-order valence-corrected chi connectivity index (χ2v) is 7.36. The zero-order valence-corrected chi connectivity index (χ0v) is 15.0. The maximum absolute atomic E-state index is 12.8. The number of carboxylic acid groups (broad SMARTS) is 1. The highest BCUT2D eigenvalue weighted by Gasteiger charge is 2.46. The Kier molecular flexibility index (Phi) is 5.46. The molecule has 2 aliphatic rings. The average molecular weight is 384 g/mol. The number of carboxylic acids is 1. The van der Waals surface area contributed by atoms with Crippen LogP contribution in [0, 0.1) is 5.92 Å². The number of hydrogen-bond acceptors (Lipinski definition) is 3. The molecule has 0 saturated heterocycles. The molecular weight excluding hydrogens is 361 g/mol. The molecule has 27 heavy (non-hydrogen) atoms. The topological polar surface area (TPSA) is 69.6 Å². The Labute approximate surface area is 155 Å². The molecule has 1 aromatic rings. The van der Waals surface area contributed by atoms with E-state index in [-0.39, 0.29) is 36.4 Å². The van der Waals surface area contributed by atoms with Crippen LogP contribution in [0.4, 0.5) is 13.2 Å². The second-order valence-electron chi connectivity index (χ2n) is 7.36. The van der Waals surface area contributed by atoms with Gasteiger partial charge >= 0.3 is 12.1 Å². The lowest BCUT2D eigenvalue weighted by Gasteiger charge is -2.42. The summed E-state index contributed by atoms with van der Waals surface area (Å²) < 4.78 is 38.5. The summed E-state index contributed by atoms with van der Waals surface area (Å²) in [6.07, 6.45) is -2.42. The van der Waals surface area contributed by atoms with E-state index in [1.165, 1.54) is 6.07 Å². The highest BCUT2D eigenvalue weighted by Crippen LogP contribution is 2.48. The summed E-state index contributed by atoms with van der Waals surface area (Å²) in [5.41, 5.74) is -0.138. The summed E-state index contributed by atoms with van der Waals surface area (Å²) in [6, 6.07) is 5.33. The van der Waals surface area contributed by atoms with Gasteiger partial charge in [0, 0.05) is 18.0 Å². The number of hydrogen-bond donors (Lipinski definition) is 2. The molecule has 8 heteroatoms. The van der Waals surface area contributed by atoms with Gasteiger partial charge in [-0.3, -0.25) is 14.5 Å². The maximum atomic E-state index is 12.8. The van der Waals surface area contributed by atoms with Crippen molar-refractivity contribution in [1.82, 2.24) is 10.2 Å². The molecule has 1 amide bonds. The first-order chi connectivity index (χ1) is 12.7. The van der Waals surface area contributed by atoms with Crippen LogP contribution in [0.5, 0.6) is 0 Å². The third-order valence-corrected chi connectivity index (χ3v) is 5.49. The van der Waals surface area contributed by atoms with Crippen molar-refractivity contribution in [3.8, 4) is 0 Å². The Morgan fingerprint density at radius 2 is 1.96 bits per heavy atom. The van der Waals surface area contributed by atoms with Crippen LogP contribution in [-0.4, -0.2) is 47.1 Å². The van der Waals surface area contributed by atoms with E-state index in [1.54, 1.807) is 6.07 Å². The monoisotopic (exact) mass is 384 g/mol. The number of carbonyl (C=O) groups is 2.